The summed E-state index contributed by atoms with van der Waals surface area (Å²) in [7, 11) is 1.81. The predicted molar refractivity (Wildman–Crippen MR) is 102 cm³/mol. The molecule has 0 aliphatic heterocycles. The van der Waals surface area contributed by atoms with Crippen LogP contribution in [-0.2, 0) is 4.79 Å². The lowest BCUT2D eigenvalue weighted by atomic mass is 10.1. The van der Waals surface area contributed by atoms with Gasteiger partial charge in [0, 0.05) is 35.9 Å². The van der Waals surface area contributed by atoms with Gasteiger partial charge in [-0.25, -0.2) is 4.98 Å². The van der Waals surface area contributed by atoms with Gasteiger partial charge in [0.1, 0.15) is 5.82 Å². The molecule has 1 aromatic carbocycles. The first-order valence-electron chi connectivity index (χ1n) is 8.21. The van der Waals surface area contributed by atoms with E-state index in [0.29, 0.717) is 5.82 Å². The van der Waals surface area contributed by atoms with Crippen LogP contribution >= 0.6 is 0 Å². The summed E-state index contributed by atoms with van der Waals surface area (Å²) in [5.41, 5.74) is 9.73. The van der Waals surface area contributed by atoms with E-state index in [1.54, 1.807) is 29.3 Å². The predicted octanol–water partition coefficient (Wildman–Crippen LogP) is 3.69. The number of hydrogen-bond donors (Lipinski definition) is 2. The molecule has 0 spiro atoms. The number of aromatic amines is 1. The summed E-state index contributed by atoms with van der Waals surface area (Å²) in [5.74, 6) is 0.394. The van der Waals surface area contributed by atoms with Crippen LogP contribution in [0.1, 0.15) is 29.8 Å². The molecule has 3 N–H and O–H groups in total. The number of amides is 1. The zero-order valence-electron chi connectivity index (χ0n) is 14.7. The number of aryl methyl sites for hydroxylation is 1. The number of fused-ring (bicyclic) bond motifs is 1. The smallest absolute Gasteiger partial charge is 0.246 e. The van der Waals surface area contributed by atoms with E-state index in [1.807, 2.05) is 38.2 Å². The summed E-state index contributed by atoms with van der Waals surface area (Å²) in [4.78, 5) is 21.7. The van der Waals surface area contributed by atoms with Crippen LogP contribution in [-0.4, -0.2) is 27.8 Å². The number of carbonyl (C=O) groups excluding carboxylic acids is 1. The number of likely N-dealkylation sites (N-methyl/N-ethyl adjacent to an activating group) is 1. The van der Waals surface area contributed by atoms with E-state index >= 15 is 0 Å². The molecule has 2 heterocycles. The molecule has 2 aromatic heterocycles. The highest BCUT2D eigenvalue weighted by molar-refractivity contribution is 5.92. The Morgan fingerprint density at radius 1 is 1.28 bits per heavy atom. The van der Waals surface area contributed by atoms with E-state index in [0.717, 1.165) is 16.8 Å². The Kier molecular flexibility index (Phi) is 4.57. The zero-order valence-corrected chi connectivity index (χ0v) is 14.7. The molecule has 25 heavy (non-hydrogen) atoms. The zero-order chi connectivity index (χ0) is 18.0. The number of nitrogens with two attached hydrogens (primary N) is 1. The van der Waals surface area contributed by atoms with Crippen molar-refractivity contribution >= 4 is 28.7 Å². The van der Waals surface area contributed by atoms with Gasteiger partial charge in [-0.15, -0.1) is 0 Å². The van der Waals surface area contributed by atoms with Crippen LogP contribution in [0.2, 0.25) is 0 Å². The van der Waals surface area contributed by atoms with Gasteiger partial charge >= 0.3 is 0 Å². The number of pyridine rings is 1. The molecule has 0 bridgehead atoms. The third kappa shape index (κ3) is 3.40. The average molecular weight is 334 g/mol. The molecule has 3 rings (SSSR count). The Morgan fingerprint density at radius 3 is 2.72 bits per heavy atom. The second-order valence-electron chi connectivity index (χ2n) is 6.18. The molecule has 128 valence electrons. The van der Waals surface area contributed by atoms with E-state index in [2.05, 4.69) is 23.0 Å². The van der Waals surface area contributed by atoms with Crippen molar-refractivity contribution < 1.29 is 4.79 Å². The minimum absolute atomic E-state index is 0.0610. The number of aromatic nitrogens is 2. The Bertz CT molecular complexity index is 925. The first-order chi connectivity index (χ1) is 12.0. The van der Waals surface area contributed by atoms with E-state index in [9.17, 15) is 4.79 Å². The van der Waals surface area contributed by atoms with Gasteiger partial charge in [0.15, 0.2) is 0 Å². The minimum Gasteiger partial charge on any atom is -0.384 e. The lowest BCUT2D eigenvalue weighted by Crippen LogP contribution is -2.28. The summed E-state index contributed by atoms with van der Waals surface area (Å²) in [5, 5.41) is 1.19. The maximum atomic E-state index is 12.5. The molecule has 3 aromatic rings. The summed E-state index contributed by atoms with van der Waals surface area (Å²) in [6.45, 7) is 4.10. The van der Waals surface area contributed by atoms with Gasteiger partial charge in [0.05, 0.1) is 6.04 Å². The second kappa shape index (κ2) is 6.81. The van der Waals surface area contributed by atoms with Crippen LogP contribution in [0.25, 0.3) is 17.0 Å². The summed E-state index contributed by atoms with van der Waals surface area (Å²) >= 11 is 0. The van der Waals surface area contributed by atoms with Crippen molar-refractivity contribution in [2.75, 3.05) is 12.8 Å². The van der Waals surface area contributed by atoms with Crippen LogP contribution in [0.15, 0.2) is 48.7 Å². The minimum atomic E-state index is -0.0672. The molecule has 0 aliphatic carbocycles. The summed E-state index contributed by atoms with van der Waals surface area (Å²) in [6.07, 6.45) is 4.95. The summed E-state index contributed by atoms with van der Waals surface area (Å²) in [6, 6.07) is 11.7. The van der Waals surface area contributed by atoms with E-state index in [4.69, 9.17) is 5.73 Å². The van der Waals surface area contributed by atoms with Gasteiger partial charge < -0.3 is 15.6 Å². The maximum Gasteiger partial charge on any atom is 0.246 e. The topological polar surface area (TPSA) is 75.0 Å². The number of H-pyrrole nitrogens is 1. The summed E-state index contributed by atoms with van der Waals surface area (Å²) < 4.78 is 0. The molecule has 0 fully saturated rings. The van der Waals surface area contributed by atoms with Gasteiger partial charge in [-0.05, 0) is 49.2 Å². The normalized spacial score (nSPS) is 12.6. The molecule has 0 saturated heterocycles. The highest BCUT2D eigenvalue weighted by Gasteiger charge is 2.20. The fourth-order valence-corrected chi connectivity index (χ4v) is 2.91. The van der Waals surface area contributed by atoms with Crippen molar-refractivity contribution in [3.63, 3.8) is 0 Å². The number of nitrogen functional groups attached to an aromatic ring is 1. The maximum absolute atomic E-state index is 12.5. The quantitative estimate of drug-likeness (QED) is 0.715. The number of hydrogen-bond acceptors (Lipinski definition) is 3. The molecule has 0 saturated carbocycles. The molecule has 0 aliphatic rings. The van der Waals surface area contributed by atoms with Gasteiger partial charge in [0.2, 0.25) is 5.91 Å². The molecule has 1 unspecified atom stereocenters. The Balaban J connectivity index is 1.78. The SMILES string of the molecule is Cc1c(C(C)N(C)C(=O)C=Cc2ccc(N)nc2)[nH]c2ccccc12. The number of anilines is 1. The standard InChI is InChI=1S/C20H22N4O/c1-13-16-6-4-5-7-17(16)23-20(13)14(2)24(3)19(25)11-9-15-8-10-18(21)22-12-15/h4-12,14,23H,1-3H3,(H2,21,22). The lowest BCUT2D eigenvalue weighted by molar-refractivity contribution is -0.126. The molecule has 5 nitrogen and oxygen atoms in total. The van der Waals surface area contributed by atoms with Crippen molar-refractivity contribution in [1.82, 2.24) is 14.9 Å². The number of rotatable bonds is 4. The van der Waals surface area contributed by atoms with Gasteiger partial charge in [-0.2, -0.15) is 0 Å². The van der Waals surface area contributed by atoms with Gasteiger partial charge in [0.25, 0.3) is 0 Å². The largest absolute Gasteiger partial charge is 0.384 e. The molecule has 0 radical (unpaired) electrons. The van der Waals surface area contributed by atoms with Crippen LogP contribution in [0.4, 0.5) is 5.82 Å². The van der Waals surface area contributed by atoms with Gasteiger partial charge in [-0.3, -0.25) is 4.79 Å². The Labute approximate surface area is 147 Å². The fraction of sp³-hybridized carbons (Fsp3) is 0.200. The number of benzene rings is 1. The van der Waals surface area contributed by atoms with E-state index in [1.165, 1.54) is 10.9 Å². The molecular formula is C20H22N4O. The van der Waals surface area contributed by atoms with Crippen molar-refractivity contribution in [2.45, 2.75) is 19.9 Å². The number of nitrogens with zero attached hydrogens (tertiary/aromatic N) is 2. The van der Waals surface area contributed by atoms with E-state index < -0.39 is 0 Å². The average Bonchev–Trinajstić information content (AvgIpc) is 2.97. The number of carbonyl (C=O) groups is 1. The highest BCUT2D eigenvalue weighted by Crippen LogP contribution is 2.28. The third-order valence-corrected chi connectivity index (χ3v) is 4.58. The lowest BCUT2D eigenvalue weighted by Gasteiger charge is -2.23. The van der Waals surface area contributed by atoms with Crippen molar-refractivity contribution in [2.24, 2.45) is 0 Å². The molecule has 5 heteroatoms. The highest BCUT2D eigenvalue weighted by atomic mass is 16.2. The monoisotopic (exact) mass is 334 g/mol. The first-order valence-corrected chi connectivity index (χ1v) is 8.21. The van der Waals surface area contributed by atoms with Crippen LogP contribution in [0, 0.1) is 6.92 Å². The van der Waals surface area contributed by atoms with Crippen LogP contribution < -0.4 is 5.73 Å². The fourth-order valence-electron chi connectivity index (χ4n) is 2.91. The molecular weight excluding hydrogens is 312 g/mol. The number of nitrogens with one attached hydrogen (secondary N) is 1. The van der Waals surface area contributed by atoms with Crippen molar-refractivity contribution in [3.05, 3.63) is 65.5 Å². The second-order valence-corrected chi connectivity index (χ2v) is 6.18. The van der Waals surface area contributed by atoms with E-state index in [-0.39, 0.29) is 11.9 Å². The third-order valence-electron chi connectivity index (χ3n) is 4.58. The van der Waals surface area contributed by atoms with Crippen molar-refractivity contribution in [1.29, 1.82) is 0 Å². The van der Waals surface area contributed by atoms with Crippen LogP contribution in [0.5, 0.6) is 0 Å². The molecule has 1 amide bonds. The van der Waals surface area contributed by atoms with Crippen molar-refractivity contribution in [3.8, 4) is 0 Å². The first kappa shape index (κ1) is 16.8. The Hall–Kier alpha value is -3.08. The number of para-hydroxylation sites is 1. The van der Waals surface area contributed by atoms with Gasteiger partial charge in [-0.1, -0.05) is 18.2 Å². The molecule has 1 atom stereocenters. The Morgan fingerprint density at radius 2 is 2.04 bits per heavy atom. The van der Waals surface area contributed by atoms with Crippen LogP contribution in [0.3, 0.4) is 0 Å².